The van der Waals surface area contributed by atoms with Gasteiger partial charge in [-0.2, -0.15) is 0 Å². The first-order valence-corrected chi connectivity index (χ1v) is 4.80. The number of carbonyl (C=O) groups excluding carboxylic acids is 1. The highest BCUT2D eigenvalue weighted by molar-refractivity contribution is 5.81. The molecule has 0 atom stereocenters. The van der Waals surface area contributed by atoms with Crippen molar-refractivity contribution in [3.8, 4) is 0 Å². The summed E-state index contributed by atoms with van der Waals surface area (Å²) >= 11 is 0. The van der Waals surface area contributed by atoms with Crippen LogP contribution in [0.5, 0.6) is 0 Å². The second kappa shape index (κ2) is 3.81. The van der Waals surface area contributed by atoms with Crippen LogP contribution in [0.1, 0.15) is 27.2 Å². The summed E-state index contributed by atoms with van der Waals surface area (Å²) in [4.78, 5) is 13.3. The van der Waals surface area contributed by atoms with E-state index in [-0.39, 0.29) is 5.91 Å². The lowest BCUT2D eigenvalue weighted by atomic mass is 10.0. The summed E-state index contributed by atoms with van der Waals surface area (Å²) in [7, 11) is 1.98. The maximum absolute atomic E-state index is 11.2. The van der Waals surface area contributed by atoms with Crippen LogP contribution in [-0.2, 0) is 4.79 Å². The Morgan fingerprint density at radius 2 is 2.15 bits per heavy atom. The monoisotopic (exact) mass is 182 g/mol. The zero-order valence-electron chi connectivity index (χ0n) is 8.85. The molecular formula is C10H18N2O. The maximum Gasteiger partial charge on any atom is 0.243 e. The van der Waals surface area contributed by atoms with Crippen LogP contribution in [-0.4, -0.2) is 24.4 Å². The van der Waals surface area contributed by atoms with E-state index in [2.05, 4.69) is 26.1 Å². The minimum atomic E-state index is 0.101. The number of nitrogens with zero attached hydrogens (tertiary/aromatic N) is 1. The van der Waals surface area contributed by atoms with Gasteiger partial charge in [-0.3, -0.25) is 4.79 Å². The Morgan fingerprint density at radius 1 is 1.54 bits per heavy atom. The van der Waals surface area contributed by atoms with Crippen molar-refractivity contribution in [2.24, 2.45) is 5.92 Å². The van der Waals surface area contributed by atoms with Crippen LogP contribution >= 0.6 is 0 Å². The number of carbonyl (C=O) groups is 1. The molecule has 1 N–H and O–H groups in total. The Labute approximate surface area is 79.8 Å². The zero-order valence-corrected chi connectivity index (χ0v) is 8.85. The molecule has 0 aliphatic carbocycles. The molecule has 74 valence electrons. The number of likely N-dealkylation sites (N-methyl/N-ethyl adjacent to an activating group) is 1. The van der Waals surface area contributed by atoms with Gasteiger partial charge in [-0.1, -0.05) is 20.8 Å². The third kappa shape index (κ3) is 2.02. The predicted molar refractivity (Wildman–Crippen MR) is 52.9 cm³/mol. The van der Waals surface area contributed by atoms with Crippen LogP contribution in [0.3, 0.4) is 0 Å². The summed E-state index contributed by atoms with van der Waals surface area (Å²) < 4.78 is 0. The van der Waals surface area contributed by atoms with Crippen LogP contribution in [0, 0.1) is 5.92 Å². The van der Waals surface area contributed by atoms with Gasteiger partial charge in [0.2, 0.25) is 5.91 Å². The van der Waals surface area contributed by atoms with Gasteiger partial charge in [0.25, 0.3) is 0 Å². The van der Waals surface area contributed by atoms with Gasteiger partial charge in [0.05, 0.1) is 6.54 Å². The number of hydrogen-bond donors (Lipinski definition) is 1. The molecule has 1 aliphatic rings. The van der Waals surface area contributed by atoms with E-state index >= 15 is 0 Å². The fourth-order valence-electron chi connectivity index (χ4n) is 1.86. The predicted octanol–water partition coefficient (Wildman–Crippen LogP) is 1.33. The molecule has 0 unspecified atom stereocenters. The first-order valence-electron chi connectivity index (χ1n) is 4.80. The molecule has 0 aromatic rings. The van der Waals surface area contributed by atoms with Gasteiger partial charge in [0.15, 0.2) is 0 Å². The summed E-state index contributed by atoms with van der Waals surface area (Å²) in [5.41, 5.74) is 2.34. The van der Waals surface area contributed by atoms with Gasteiger partial charge < -0.3 is 10.2 Å². The Bertz CT molecular complexity index is 243. The Morgan fingerprint density at radius 3 is 2.62 bits per heavy atom. The van der Waals surface area contributed by atoms with Gasteiger partial charge >= 0.3 is 0 Å². The lowest BCUT2D eigenvalue weighted by molar-refractivity contribution is -0.121. The molecule has 1 rings (SSSR count). The Hall–Kier alpha value is -0.990. The molecule has 0 bridgehead atoms. The standard InChI is InChI=1S/C10H18N2O/c1-5-8-10(7(2)3)12(4)6-9(13)11-8/h7H,5-6H2,1-4H3,(H,11,13). The second-order valence-electron chi connectivity index (χ2n) is 3.78. The first kappa shape index (κ1) is 10.1. The largest absolute Gasteiger partial charge is 0.367 e. The average Bonchev–Trinajstić information content (AvgIpc) is 2.01. The Kier molecular flexibility index (Phi) is 2.96. The van der Waals surface area contributed by atoms with Crippen LogP contribution in [0.2, 0.25) is 0 Å². The van der Waals surface area contributed by atoms with E-state index in [0.29, 0.717) is 12.5 Å². The highest BCUT2D eigenvalue weighted by atomic mass is 16.2. The van der Waals surface area contributed by atoms with Crippen molar-refractivity contribution in [2.45, 2.75) is 27.2 Å². The first-order chi connectivity index (χ1) is 6.06. The molecule has 3 nitrogen and oxygen atoms in total. The van der Waals surface area contributed by atoms with Crippen LogP contribution < -0.4 is 5.32 Å². The highest BCUT2D eigenvalue weighted by Gasteiger charge is 2.22. The van der Waals surface area contributed by atoms with E-state index in [1.807, 2.05) is 11.9 Å². The minimum absolute atomic E-state index is 0.101. The SMILES string of the molecule is CCC1=C(C(C)C)N(C)CC(=O)N1. The van der Waals surface area contributed by atoms with Crippen molar-refractivity contribution in [2.75, 3.05) is 13.6 Å². The molecule has 1 heterocycles. The van der Waals surface area contributed by atoms with Gasteiger partial charge in [-0.05, 0) is 12.3 Å². The number of nitrogens with one attached hydrogen (secondary N) is 1. The van der Waals surface area contributed by atoms with E-state index in [0.717, 1.165) is 12.1 Å². The lowest BCUT2D eigenvalue weighted by Crippen LogP contribution is -2.42. The van der Waals surface area contributed by atoms with E-state index in [1.165, 1.54) is 5.70 Å². The average molecular weight is 182 g/mol. The quantitative estimate of drug-likeness (QED) is 0.698. The molecular weight excluding hydrogens is 164 g/mol. The summed E-state index contributed by atoms with van der Waals surface area (Å²) in [6.07, 6.45) is 0.892. The minimum Gasteiger partial charge on any atom is -0.367 e. The fourth-order valence-corrected chi connectivity index (χ4v) is 1.86. The topological polar surface area (TPSA) is 32.3 Å². The summed E-state index contributed by atoms with van der Waals surface area (Å²) in [5.74, 6) is 0.573. The van der Waals surface area contributed by atoms with Crippen LogP contribution in [0.25, 0.3) is 0 Å². The summed E-state index contributed by atoms with van der Waals surface area (Å²) in [6.45, 7) is 6.85. The molecule has 1 aliphatic heterocycles. The van der Waals surface area contributed by atoms with E-state index in [1.54, 1.807) is 0 Å². The molecule has 13 heavy (non-hydrogen) atoms. The van der Waals surface area contributed by atoms with Crippen molar-refractivity contribution in [3.63, 3.8) is 0 Å². The molecule has 3 heteroatoms. The normalized spacial score (nSPS) is 18.2. The molecule has 0 saturated carbocycles. The summed E-state index contributed by atoms with van der Waals surface area (Å²) in [6, 6.07) is 0. The van der Waals surface area contributed by atoms with Crippen molar-refractivity contribution in [1.29, 1.82) is 0 Å². The van der Waals surface area contributed by atoms with Crippen LogP contribution in [0.15, 0.2) is 11.4 Å². The van der Waals surface area contributed by atoms with Gasteiger partial charge in [0.1, 0.15) is 0 Å². The third-order valence-corrected chi connectivity index (χ3v) is 2.29. The van der Waals surface area contributed by atoms with Gasteiger partial charge in [0, 0.05) is 18.4 Å². The van der Waals surface area contributed by atoms with Crippen molar-refractivity contribution in [3.05, 3.63) is 11.4 Å². The van der Waals surface area contributed by atoms with Gasteiger partial charge in [-0.15, -0.1) is 0 Å². The number of amides is 1. The highest BCUT2D eigenvalue weighted by Crippen LogP contribution is 2.21. The van der Waals surface area contributed by atoms with Crippen molar-refractivity contribution >= 4 is 5.91 Å². The molecule has 0 aromatic heterocycles. The Balaban J connectivity index is 2.98. The summed E-state index contributed by atoms with van der Waals surface area (Å²) in [5, 5.41) is 2.93. The molecule has 0 aromatic carbocycles. The molecule has 0 spiro atoms. The third-order valence-electron chi connectivity index (χ3n) is 2.29. The number of hydrogen-bond acceptors (Lipinski definition) is 2. The van der Waals surface area contributed by atoms with Gasteiger partial charge in [-0.25, -0.2) is 0 Å². The van der Waals surface area contributed by atoms with E-state index in [9.17, 15) is 4.79 Å². The number of allylic oxidation sites excluding steroid dienone is 2. The van der Waals surface area contributed by atoms with E-state index < -0.39 is 0 Å². The van der Waals surface area contributed by atoms with Crippen molar-refractivity contribution in [1.82, 2.24) is 10.2 Å². The number of rotatable bonds is 2. The fraction of sp³-hybridized carbons (Fsp3) is 0.700. The smallest absolute Gasteiger partial charge is 0.243 e. The van der Waals surface area contributed by atoms with Crippen molar-refractivity contribution < 1.29 is 4.79 Å². The second-order valence-corrected chi connectivity index (χ2v) is 3.78. The molecule has 0 saturated heterocycles. The maximum atomic E-state index is 11.2. The van der Waals surface area contributed by atoms with E-state index in [4.69, 9.17) is 0 Å². The lowest BCUT2D eigenvalue weighted by Gasteiger charge is -2.32. The molecule has 0 radical (unpaired) electrons. The molecule has 1 amide bonds. The zero-order chi connectivity index (χ0) is 10.0. The van der Waals surface area contributed by atoms with Crippen LogP contribution in [0.4, 0.5) is 0 Å². The molecule has 0 fully saturated rings.